The van der Waals surface area contributed by atoms with Gasteiger partial charge < -0.3 is 19.7 Å². The van der Waals surface area contributed by atoms with Gasteiger partial charge in [0.15, 0.2) is 0 Å². The molecule has 2 N–H and O–H groups in total. The van der Waals surface area contributed by atoms with Gasteiger partial charge in [-0.2, -0.15) is 0 Å². The summed E-state index contributed by atoms with van der Waals surface area (Å²) in [7, 11) is 0. The number of benzene rings is 2. The van der Waals surface area contributed by atoms with E-state index in [0.29, 0.717) is 13.0 Å². The number of phenols is 1. The smallest absolute Gasteiger partial charge is 0.130 e. The number of aliphatic hydroxyl groups excluding tert-OH is 1. The number of ether oxygens (including phenoxy) is 1. The third kappa shape index (κ3) is 8.07. The number of phenolic OH excluding ortho intramolecular Hbond substituents is 1. The number of hydrogen-bond acceptors (Lipinski definition) is 4. The van der Waals surface area contributed by atoms with Gasteiger partial charge in [0.25, 0.3) is 0 Å². The van der Waals surface area contributed by atoms with Crippen LogP contribution in [0.3, 0.4) is 0 Å². The Morgan fingerprint density at radius 3 is 2.23 bits per heavy atom. The van der Waals surface area contributed by atoms with Crippen LogP contribution in [0.1, 0.15) is 18.9 Å². The number of Topliss-reactive ketones (excluding diaryl/α,β-unsaturated/α-hetero) is 1. The number of aliphatic hydroxyl groups is 1. The van der Waals surface area contributed by atoms with Gasteiger partial charge in [0.05, 0.1) is 6.61 Å². The molecule has 0 fully saturated rings. The second-order valence-corrected chi connectivity index (χ2v) is 4.75. The molecule has 4 nitrogen and oxygen atoms in total. The minimum Gasteiger partial charge on any atom is -0.508 e. The van der Waals surface area contributed by atoms with Gasteiger partial charge in [-0.05, 0) is 43.2 Å². The second-order valence-electron chi connectivity index (χ2n) is 4.75. The second kappa shape index (κ2) is 10.4. The molecule has 0 radical (unpaired) electrons. The summed E-state index contributed by atoms with van der Waals surface area (Å²) >= 11 is 0. The summed E-state index contributed by atoms with van der Waals surface area (Å²) in [6.45, 7) is 2.01. The number of para-hydroxylation sites is 1. The van der Waals surface area contributed by atoms with Crippen molar-refractivity contribution in [1.82, 2.24) is 0 Å². The number of hydrogen-bond donors (Lipinski definition) is 2. The van der Waals surface area contributed by atoms with Gasteiger partial charge in [-0.15, -0.1) is 0 Å². The van der Waals surface area contributed by atoms with Crippen molar-refractivity contribution in [2.45, 2.75) is 19.8 Å². The summed E-state index contributed by atoms with van der Waals surface area (Å²) < 4.78 is 5.11. The average Bonchev–Trinajstić information content (AvgIpc) is 2.54. The van der Waals surface area contributed by atoms with Crippen molar-refractivity contribution in [2.24, 2.45) is 0 Å². The number of aryl methyl sites for hydroxylation is 1. The van der Waals surface area contributed by atoms with Crippen molar-refractivity contribution < 1.29 is 19.7 Å². The zero-order valence-corrected chi connectivity index (χ0v) is 12.7. The van der Waals surface area contributed by atoms with Crippen LogP contribution in [-0.4, -0.2) is 29.2 Å². The molecule has 0 amide bonds. The lowest BCUT2D eigenvalue weighted by molar-refractivity contribution is -0.116. The standard InChI is InChI=1S/C10H12O2.C8H10O2/c1-8(11)2-3-9-4-6-10(12)7-5-9;9-6-7-10-8-4-2-1-3-5-8/h4-7,12H,2-3H2,1H3;1-5,9H,6-7H2. The first kappa shape index (κ1) is 17.7. The largest absolute Gasteiger partial charge is 0.508 e. The molecule has 0 heterocycles. The fourth-order valence-electron chi connectivity index (χ4n) is 1.66. The SMILES string of the molecule is CC(=O)CCc1ccc(O)cc1.OCCOc1ccccc1. The highest BCUT2D eigenvalue weighted by Crippen LogP contribution is 2.11. The maximum absolute atomic E-state index is 10.6. The van der Waals surface area contributed by atoms with Crippen LogP contribution in [0.2, 0.25) is 0 Å². The molecule has 0 aliphatic carbocycles. The lowest BCUT2D eigenvalue weighted by atomic mass is 10.1. The van der Waals surface area contributed by atoms with Gasteiger partial charge in [0.2, 0.25) is 0 Å². The van der Waals surface area contributed by atoms with Crippen LogP contribution >= 0.6 is 0 Å². The predicted molar refractivity (Wildman–Crippen MR) is 86.1 cm³/mol. The van der Waals surface area contributed by atoms with E-state index in [9.17, 15) is 4.79 Å². The molecule has 0 aliphatic rings. The van der Waals surface area contributed by atoms with Crippen LogP contribution in [0.25, 0.3) is 0 Å². The van der Waals surface area contributed by atoms with Crippen molar-refractivity contribution >= 4 is 5.78 Å². The highest BCUT2D eigenvalue weighted by atomic mass is 16.5. The summed E-state index contributed by atoms with van der Waals surface area (Å²) in [5, 5.41) is 17.4. The molecule has 2 aromatic carbocycles. The third-order valence-electron chi connectivity index (χ3n) is 2.81. The highest BCUT2D eigenvalue weighted by Gasteiger charge is 1.96. The van der Waals surface area contributed by atoms with Crippen LogP contribution < -0.4 is 4.74 Å². The Morgan fingerprint density at radius 2 is 1.68 bits per heavy atom. The van der Waals surface area contributed by atoms with Crippen LogP contribution in [0.15, 0.2) is 54.6 Å². The Labute approximate surface area is 131 Å². The van der Waals surface area contributed by atoms with Crippen molar-refractivity contribution in [1.29, 1.82) is 0 Å². The first-order chi connectivity index (χ1) is 10.6. The van der Waals surface area contributed by atoms with Gasteiger partial charge in [0, 0.05) is 6.42 Å². The lowest BCUT2D eigenvalue weighted by Crippen LogP contribution is -2.00. The van der Waals surface area contributed by atoms with E-state index in [-0.39, 0.29) is 18.1 Å². The fourth-order valence-corrected chi connectivity index (χ4v) is 1.66. The summed E-state index contributed by atoms with van der Waals surface area (Å²) in [6, 6.07) is 16.4. The lowest BCUT2D eigenvalue weighted by Gasteiger charge is -2.01. The molecule has 4 heteroatoms. The number of ketones is 1. The monoisotopic (exact) mass is 302 g/mol. The molecule has 0 atom stereocenters. The average molecular weight is 302 g/mol. The first-order valence-corrected chi connectivity index (χ1v) is 7.18. The van der Waals surface area contributed by atoms with E-state index in [0.717, 1.165) is 17.7 Å². The zero-order valence-electron chi connectivity index (χ0n) is 12.7. The molecule has 0 bridgehead atoms. The Kier molecular flexibility index (Phi) is 8.38. The first-order valence-electron chi connectivity index (χ1n) is 7.18. The molecule has 118 valence electrons. The Morgan fingerprint density at radius 1 is 1.05 bits per heavy atom. The molecular formula is C18H22O4. The maximum Gasteiger partial charge on any atom is 0.130 e. The summed E-state index contributed by atoms with van der Waals surface area (Å²) in [5.41, 5.74) is 1.09. The number of carbonyl (C=O) groups excluding carboxylic acids is 1. The van der Waals surface area contributed by atoms with Gasteiger partial charge in [0.1, 0.15) is 23.9 Å². The molecule has 0 aliphatic heterocycles. The molecule has 0 spiro atoms. The topological polar surface area (TPSA) is 66.8 Å². The quantitative estimate of drug-likeness (QED) is 0.861. The molecule has 22 heavy (non-hydrogen) atoms. The number of carbonyl (C=O) groups is 1. The van der Waals surface area contributed by atoms with Crippen molar-refractivity contribution in [3.8, 4) is 11.5 Å². The number of rotatable bonds is 6. The van der Waals surface area contributed by atoms with Crippen LogP contribution in [0.5, 0.6) is 11.5 Å². The Hall–Kier alpha value is -2.33. The Bertz CT molecular complexity index is 535. The van der Waals surface area contributed by atoms with E-state index in [2.05, 4.69) is 0 Å². The van der Waals surface area contributed by atoms with E-state index in [4.69, 9.17) is 14.9 Å². The molecule has 0 aromatic heterocycles. The van der Waals surface area contributed by atoms with Crippen LogP contribution in [0, 0.1) is 0 Å². The normalized spacial score (nSPS) is 9.55. The van der Waals surface area contributed by atoms with Crippen LogP contribution in [-0.2, 0) is 11.2 Å². The summed E-state index contributed by atoms with van der Waals surface area (Å²) in [6.07, 6.45) is 1.33. The molecule has 0 saturated carbocycles. The molecule has 0 saturated heterocycles. The van der Waals surface area contributed by atoms with E-state index in [1.165, 1.54) is 0 Å². The fraction of sp³-hybridized carbons (Fsp3) is 0.278. The third-order valence-corrected chi connectivity index (χ3v) is 2.81. The summed E-state index contributed by atoms with van der Waals surface area (Å²) in [5.74, 6) is 1.27. The maximum atomic E-state index is 10.6. The van der Waals surface area contributed by atoms with Crippen molar-refractivity contribution in [2.75, 3.05) is 13.2 Å². The van der Waals surface area contributed by atoms with E-state index in [1.54, 1.807) is 19.1 Å². The van der Waals surface area contributed by atoms with E-state index >= 15 is 0 Å². The Balaban J connectivity index is 0.000000224. The van der Waals surface area contributed by atoms with E-state index in [1.807, 2.05) is 42.5 Å². The number of aromatic hydroxyl groups is 1. The molecule has 0 unspecified atom stereocenters. The predicted octanol–water partition coefficient (Wildman–Crippen LogP) is 2.97. The van der Waals surface area contributed by atoms with E-state index < -0.39 is 0 Å². The van der Waals surface area contributed by atoms with Gasteiger partial charge >= 0.3 is 0 Å². The van der Waals surface area contributed by atoms with Gasteiger partial charge in [-0.25, -0.2) is 0 Å². The van der Waals surface area contributed by atoms with Gasteiger partial charge in [-0.1, -0.05) is 30.3 Å². The molecule has 2 aromatic rings. The van der Waals surface area contributed by atoms with Crippen LogP contribution in [0.4, 0.5) is 0 Å². The summed E-state index contributed by atoms with van der Waals surface area (Å²) in [4.78, 5) is 10.6. The molecular weight excluding hydrogens is 280 g/mol. The minimum atomic E-state index is 0.0644. The molecule has 2 rings (SSSR count). The van der Waals surface area contributed by atoms with Gasteiger partial charge in [-0.3, -0.25) is 0 Å². The van der Waals surface area contributed by atoms with Crippen molar-refractivity contribution in [3.63, 3.8) is 0 Å². The highest BCUT2D eigenvalue weighted by molar-refractivity contribution is 5.75. The minimum absolute atomic E-state index is 0.0644. The van der Waals surface area contributed by atoms with Crippen molar-refractivity contribution in [3.05, 3.63) is 60.2 Å². The zero-order chi connectivity index (χ0) is 16.2.